The minimum absolute atomic E-state index is 0.687. The molecule has 0 saturated carbocycles. The van der Waals surface area contributed by atoms with Crippen LogP contribution in [0.2, 0.25) is 5.02 Å². The summed E-state index contributed by atoms with van der Waals surface area (Å²) in [6, 6.07) is 15.4. The summed E-state index contributed by atoms with van der Waals surface area (Å²) in [7, 11) is 0. The molecule has 0 aromatic heterocycles. The van der Waals surface area contributed by atoms with Crippen LogP contribution in [-0.4, -0.2) is 6.21 Å². The molecule has 0 radical (unpaired) electrons. The van der Waals surface area contributed by atoms with E-state index < -0.39 is 0 Å². The topological polar surface area (TPSA) is 24.4 Å². The number of rotatable bonds is 3. The first-order valence-electron chi connectivity index (χ1n) is 5.05. The zero-order valence-corrected chi connectivity index (χ0v) is 11.2. The lowest BCUT2D eigenvalue weighted by molar-refractivity contribution is 1.35. The molecule has 2 aromatic rings. The third-order valence-corrected chi connectivity index (χ3v) is 2.96. The van der Waals surface area contributed by atoms with Crippen molar-refractivity contribution in [3.63, 3.8) is 0 Å². The number of hydrogen-bond acceptors (Lipinski definition) is 2. The summed E-state index contributed by atoms with van der Waals surface area (Å²) in [5.74, 6) is 0. The number of nitrogens with one attached hydrogen (secondary N) is 1. The molecule has 0 aliphatic carbocycles. The van der Waals surface area contributed by atoms with Gasteiger partial charge in [0.2, 0.25) is 0 Å². The van der Waals surface area contributed by atoms with Crippen LogP contribution in [0.1, 0.15) is 5.56 Å². The van der Waals surface area contributed by atoms with E-state index in [1.54, 1.807) is 6.21 Å². The van der Waals surface area contributed by atoms with Crippen molar-refractivity contribution in [3.8, 4) is 0 Å². The molecule has 0 aliphatic rings. The van der Waals surface area contributed by atoms with Gasteiger partial charge in [0.25, 0.3) is 0 Å². The molecule has 86 valence electrons. The smallest absolute Gasteiger partial charge is 0.0573 e. The SMILES string of the molecule is Clc1ccccc1C=NNc1cccc(Br)c1. The number of halogens is 2. The van der Waals surface area contributed by atoms with Gasteiger partial charge in [0, 0.05) is 15.1 Å². The quantitative estimate of drug-likeness (QED) is 0.653. The van der Waals surface area contributed by atoms with Gasteiger partial charge in [-0.2, -0.15) is 5.10 Å². The average Bonchev–Trinajstić information content (AvgIpc) is 2.32. The zero-order valence-electron chi connectivity index (χ0n) is 8.90. The van der Waals surface area contributed by atoms with Crippen molar-refractivity contribution in [2.75, 3.05) is 5.43 Å². The summed E-state index contributed by atoms with van der Waals surface area (Å²) in [5, 5.41) is 4.82. The Kier molecular flexibility index (Phi) is 4.18. The summed E-state index contributed by atoms with van der Waals surface area (Å²) >= 11 is 9.40. The predicted molar refractivity (Wildman–Crippen MR) is 76.8 cm³/mol. The third-order valence-electron chi connectivity index (χ3n) is 2.13. The van der Waals surface area contributed by atoms with Crippen molar-refractivity contribution < 1.29 is 0 Å². The second kappa shape index (κ2) is 5.84. The molecule has 0 spiro atoms. The Bertz CT molecular complexity index is 540. The van der Waals surface area contributed by atoms with Crippen LogP contribution in [0.5, 0.6) is 0 Å². The van der Waals surface area contributed by atoms with Crippen LogP contribution in [0.25, 0.3) is 0 Å². The standard InChI is InChI=1S/C13H10BrClN2/c14-11-5-3-6-12(8-11)17-16-9-10-4-1-2-7-13(10)15/h1-9,17H. The van der Waals surface area contributed by atoms with Crippen LogP contribution in [-0.2, 0) is 0 Å². The van der Waals surface area contributed by atoms with Crippen molar-refractivity contribution in [2.45, 2.75) is 0 Å². The van der Waals surface area contributed by atoms with E-state index in [2.05, 4.69) is 26.5 Å². The molecule has 0 unspecified atom stereocenters. The van der Waals surface area contributed by atoms with Crippen LogP contribution in [0.3, 0.4) is 0 Å². The molecule has 4 heteroatoms. The Labute approximate surface area is 113 Å². The fourth-order valence-electron chi connectivity index (χ4n) is 1.31. The largest absolute Gasteiger partial charge is 0.278 e. The van der Waals surface area contributed by atoms with Gasteiger partial charge < -0.3 is 0 Å². The van der Waals surface area contributed by atoms with Crippen LogP contribution < -0.4 is 5.43 Å². The molecule has 0 aliphatic heterocycles. The maximum Gasteiger partial charge on any atom is 0.0573 e. The highest BCUT2D eigenvalue weighted by molar-refractivity contribution is 9.10. The highest BCUT2D eigenvalue weighted by Crippen LogP contribution is 2.16. The van der Waals surface area contributed by atoms with Crippen molar-refractivity contribution in [3.05, 3.63) is 63.6 Å². The molecule has 0 heterocycles. The number of nitrogens with zero attached hydrogens (tertiary/aromatic N) is 1. The van der Waals surface area contributed by atoms with Crippen molar-refractivity contribution >= 4 is 39.4 Å². The highest BCUT2D eigenvalue weighted by Gasteiger charge is 1.94. The molecule has 2 nitrogen and oxygen atoms in total. The van der Waals surface area contributed by atoms with Gasteiger partial charge in [-0.3, -0.25) is 5.43 Å². The van der Waals surface area contributed by atoms with Gasteiger partial charge in [0.15, 0.2) is 0 Å². The summed E-state index contributed by atoms with van der Waals surface area (Å²) in [5.41, 5.74) is 4.75. The normalized spacial score (nSPS) is 10.7. The lowest BCUT2D eigenvalue weighted by Crippen LogP contribution is -1.90. The molecule has 0 amide bonds. The van der Waals surface area contributed by atoms with Gasteiger partial charge in [-0.05, 0) is 24.3 Å². The molecular weight excluding hydrogens is 300 g/mol. The average molecular weight is 310 g/mol. The van der Waals surface area contributed by atoms with Crippen LogP contribution >= 0.6 is 27.5 Å². The summed E-state index contributed by atoms with van der Waals surface area (Å²) in [4.78, 5) is 0. The van der Waals surface area contributed by atoms with Crippen LogP contribution in [0.4, 0.5) is 5.69 Å². The summed E-state index contributed by atoms with van der Waals surface area (Å²) in [6.07, 6.45) is 1.70. The highest BCUT2D eigenvalue weighted by atomic mass is 79.9. The van der Waals surface area contributed by atoms with E-state index >= 15 is 0 Å². The maximum absolute atomic E-state index is 6.00. The lowest BCUT2D eigenvalue weighted by atomic mass is 10.2. The van der Waals surface area contributed by atoms with E-state index in [1.165, 1.54) is 0 Å². The number of benzene rings is 2. The Morgan fingerprint density at radius 3 is 2.71 bits per heavy atom. The molecule has 17 heavy (non-hydrogen) atoms. The molecule has 1 N–H and O–H groups in total. The van der Waals surface area contributed by atoms with E-state index in [9.17, 15) is 0 Å². The number of anilines is 1. The Balaban J connectivity index is 2.06. The third kappa shape index (κ3) is 3.58. The van der Waals surface area contributed by atoms with Crippen LogP contribution in [0, 0.1) is 0 Å². The first kappa shape index (κ1) is 12.1. The fourth-order valence-corrected chi connectivity index (χ4v) is 1.90. The Morgan fingerprint density at radius 2 is 1.94 bits per heavy atom. The maximum atomic E-state index is 6.00. The van der Waals surface area contributed by atoms with Gasteiger partial charge in [0.05, 0.1) is 11.9 Å². The molecule has 0 bridgehead atoms. The monoisotopic (exact) mass is 308 g/mol. The zero-order chi connectivity index (χ0) is 12.1. The van der Waals surface area contributed by atoms with Crippen molar-refractivity contribution in [1.82, 2.24) is 0 Å². The molecule has 2 aromatic carbocycles. The summed E-state index contributed by atoms with van der Waals surface area (Å²) < 4.78 is 1.01. The fraction of sp³-hybridized carbons (Fsp3) is 0. The second-order valence-electron chi connectivity index (χ2n) is 3.40. The van der Waals surface area contributed by atoms with Gasteiger partial charge >= 0.3 is 0 Å². The molecule has 2 rings (SSSR count). The molecular formula is C13H10BrClN2. The minimum Gasteiger partial charge on any atom is -0.278 e. The summed E-state index contributed by atoms with van der Waals surface area (Å²) in [6.45, 7) is 0. The van der Waals surface area contributed by atoms with Crippen molar-refractivity contribution in [2.24, 2.45) is 5.10 Å². The van der Waals surface area contributed by atoms with Gasteiger partial charge in [-0.15, -0.1) is 0 Å². The number of hydrogen-bond donors (Lipinski definition) is 1. The van der Waals surface area contributed by atoms with E-state index in [1.807, 2.05) is 48.5 Å². The van der Waals surface area contributed by atoms with E-state index in [4.69, 9.17) is 11.6 Å². The Hall–Kier alpha value is -1.32. The molecule has 0 atom stereocenters. The first-order chi connectivity index (χ1) is 8.25. The predicted octanol–water partition coefficient (Wildman–Crippen LogP) is 4.55. The van der Waals surface area contributed by atoms with E-state index in [-0.39, 0.29) is 0 Å². The Morgan fingerprint density at radius 1 is 1.12 bits per heavy atom. The van der Waals surface area contributed by atoms with Gasteiger partial charge in [-0.25, -0.2) is 0 Å². The number of hydrazone groups is 1. The second-order valence-corrected chi connectivity index (χ2v) is 4.72. The minimum atomic E-state index is 0.687. The van der Waals surface area contributed by atoms with Crippen LogP contribution in [0.15, 0.2) is 58.1 Å². The molecule has 0 fully saturated rings. The van der Waals surface area contributed by atoms with E-state index in [0.29, 0.717) is 5.02 Å². The molecule has 0 saturated heterocycles. The first-order valence-corrected chi connectivity index (χ1v) is 6.22. The van der Waals surface area contributed by atoms with E-state index in [0.717, 1.165) is 15.7 Å². The van der Waals surface area contributed by atoms with Crippen molar-refractivity contribution in [1.29, 1.82) is 0 Å². The van der Waals surface area contributed by atoms with Gasteiger partial charge in [0.1, 0.15) is 0 Å². The van der Waals surface area contributed by atoms with Gasteiger partial charge in [-0.1, -0.05) is 51.8 Å². The lowest BCUT2D eigenvalue weighted by Gasteiger charge is -2.00.